The van der Waals surface area contributed by atoms with E-state index in [1.807, 2.05) is 34.7 Å². The summed E-state index contributed by atoms with van der Waals surface area (Å²) in [6.07, 6.45) is 8.29. The maximum absolute atomic E-state index is 12.4. The summed E-state index contributed by atoms with van der Waals surface area (Å²) in [4.78, 5) is 25.6. The van der Waals surface area contributed by atoms with Gasteiger partial charge in [0.2, 0.25) is 5.88 Å². The summed E-state index contributed by atoms with van der Waals surface area (Å²) in [7, 11) is 1.83. The molecular formula is C25H37N3O4S. The molecule has 1 N–H and O–H groups in total. The number of hydrogen-bond donors (Lipinski definition) is 1. The van der Waals surface area contributed by atoms with Crippen molar-refractivity contribution < 1.29 is 19.4 Å². The number of fused-ring (bicyclic) bond motifs is 3. The summed E-state index contributed by atoms with van der Waals surface area (Å²) >= 11 is 1.74. The number of aromatic nitrogens is 2. The first-order valence-corrected chi connectivity index (χ1v) is 13.0. The van der Waals surface area contributed by atoms with Gasteiger partial charge in [0.05, 0.1) is 11.5 Å². The van der Waals surface area contributed by atoms with E-state index in [1.165, 1.54) is 10.4 Å². The van der Waals surface area contributed by atoms with E-state index >= 15 is 0 Å². The minimum Gasteiger partial charge on any atom is -0.474 e. The van der Waals surface area contributed by atoms with Crippen molar-refractivity contribution in [2.45, 2.75) is 109 Å². The van der Waals surface area contributed by atoms with E-state index in [4.69, 9.17) is 9.47 Å². The number of ether oxygens (including phenoxy) is 2. The van der Waals surface area contributed by atoms with Gasteiger partial charge < -0.3 is 19.5 Å². The number of nitrogens with zero attached hydrogens (tertiary/aromatic N) is 3. The third-order valence-electron chi connectivity index (χ3n) is 6.87. The Bertz CT molecular complexity index is 978. The van der Waals surface area contributed by atoms with Crippen molar-refractivity contribution in [3.8, 4) is 5.88 Å². The summed E-state index contributed by atoms with van der Waals surface area (Å²) in [5, 5.41) is 11.3. The molecular weight excluding hydrogens is 438 g/mol. The Morgan fingerprint density at radius 1 is 1.24 bits per heavy atom. The van der Waals surface area contributed by atoms with Gasteiger partial charge in [-0.1, -0.05) is 6.92 Å². The number of aryl methyl sites for hydroxylation is 1. The highest BCUT2D eigenvalue weighted by Gasteiger charge is 2.33. The number of hydrogen-bond acceptors (Lipinski definition) is 7. The number of amides is 1. The van der Waals surface area contributed by atoms with Crippen molar-refractivity contribution in [1.82, 2.24) is 14.9 Å². The highest BCUT2D eigenvalue weighted by molar-refractivity contribution is 7.19. The van der Waals surface area contributed by atoms with Crippen molar-refractivity contribution in [1.29, 1.82) is 0 Å². The molecule has 2 aliphatic carbocycles. The molecule has 2 heterocycles. The molecule has 4 rings (SSSR count). The maximum Gasteiger partial charge on any atom is 0.410 e. The van der Waals surface area contributed by atoms with E-state index in [0.717, 1.165) is 61.6 Å². The lowest BCUT2D eigenvalue weighted by molar-refractivity contribution is 0.0137. The minimum atomic E-state index is -0.490. The Hall–Kier alpha value is -1.93. The van der Waals surface area contributed by atoms with Gasteiger partial charge in [-0.15, -0.1) is 11.3 Å². The van der Waals surface area contributed by atoms with Crippen LogP contribution in [0.4, 0.5) is 4.79 Å². The Kier molecular flexibility index (Phi) is 7.15. The zero-order chi connectivity index (χ0) is 23.8. The maximum atomic E-state index is 12.4. The number of aliphatic hydroxyl groups excluding tert-OH is 1. The average Bonchev–Trinajstić information content (AvgIpc) is 3.32. The molecule has 182 valence electrons. The molecule has 8 heteroatoms. The van der Waals surface area contributed by atoms with E-state index in [9.17, 15) is 9.90 Å². The lowest BCUT2D eigenvalue weighted by atomic mass is 9.92. The van der Waals surface area contributed by atoms with E-state index < -0.39 is 5.60 Å². The van der Waals surface area contributed by atoms with E-state index in [1.54, 1.807) is 22.6 Å². The molecule has 2 atom stereocenters. The quantitative estimate of drug-likeness (QED) is 0.599. The Morgan fingerprint density at radius 3 is 2.64 bits per heavy atom. The fourth-order valence-corrected chi connectivity index (χ4v) is 6.28. The standard InChI is InChI=1S/C25H37N3O4S/c1-6-17(29)13-15-7-12-19-20(15)21-22(26-14-27-23(21)33-19)31-18-10-8-16(9-11-18)28(5)24(30)32-25(2,3)4/h14-18,29H,6-13H2,1-5H3/t15-,16?,17-,18?/m1/s1. The van der Waals surface area contributed by atoms with Gasteiger partial charge in [0.1, 0.15) is 22.9 Å². The zero-order valence-electron chi connectivity index (χ0n) is 20.5. The molecule has 2 aromatic rings. The van der Waals surface area contributed by atoms with Gasteiger partial charge >= 0.3 is 6.09 Å². The normalized spacial score (nSPS) is 23.9. The molecule has 1 saturated carbocycles. The van der Waals surface area contributed by atoms with Gasteiger partial charge in [-0.05, 0) is 83.6 Å². The number of carbonyl (C=O) groups is 1. The van der Waals surface area contributed by atoms with Crippen LogP contribution in [0, 0.1) is 0 Å². The molecule has 0 aromatic carbocycles. The van der Waals surface area contributed by atoms with Crippen molar-refractivity contribution >= 4 is 27.6 Å². The van der Waals surface area contributed by atoms with Crippen LogP contribution in [0.15, 0.2) is 6.33 Å². The first-order valence-electron chi connectivity index (χ1n) is 12.2. The summed E-state index contributed by atoms with van der Waals surface area (Å²) in [6, 6.07) is 0.162. The van der Waals surface area contributed by atoms with Gasteiger partial charge in [-0.3, -0.25) is 0 Å². The first kappa shape index (κ1) is 24.2. The second-order valence-electron chi connectivity index (χ2n) is 10.5. The van der Waals surface area contributed by atoms with Crippen LogP contribution in [-0.2, 0) is 11.2 Å². The molecule has 1 amide bonds. The third kappa shape index (κ3) is 5.43. The number of aliphatic hydroxyl groups is 1. The summed E-state index contributed by atoms with van der Waals surface area (Å²) in [5.74, 6) is 1.02. The molecule has 1 fully saturated rings. The predicted octanol–water partition coefficient (Wildman–Crippen LogP) is 5.44. The molecule has 7 nitrogen and oxygen atoms in total. The highest BCUT2D eigenvalue weighted by Crippen LogP contribution is 2.48. The molecule has 0 unspecified atom stereocenters. The molecule has 0 radical (unpaired) electrons. The van der Waals surface area contributed by atoms with Crippen LogP contribution in [0.2, 0.25) is 0 Å². The fraction of sp³-hybridized carbons (Fsp3) is 0.720. The van der Waals surface area contributed by atoms with Crippen LogP contribution in [0.1, 0.15) is 89.0 Å². The van der Waals surface area contributed by atoms with Gasteiger partial charge in [-0.25, -0.2) is 14.8 Å². The number of carbonyl (C=O) groups excluding carboxylic acids is 1. The highest BCUT2D eigenvalue weighted by atomic mass is 32.1. The van der Waals surface area contributed by atoms with Gasteiger partial charge in [0.25, 0.3) is 0 Å². The van der Waals surface area contributed by atoms with Crippen LogP contribution < -0.4 is 4.74 Å². The molecule has 0 bridgehead atoms. The molecule has 2 aromatic heterocycles. The van der Waals surface area contributed by atoms with E-state index in [2.05, 4.69) is 9.97 Å². The number of thiophene rings is 1. The lowest BCUT2D eigenvalue weighted by Crippen LogP contribution is -2.43. The van der Waals surface area contributed by atoms with Crippen molar-refractivity contribution in [3.05, 3.63) is 16.8 Å². The Labute approximate surface area is 200 Å². The molecule has 33 heavy (non-hydrogen) atoms. The third-order valence-corrected chi connectivity index (χ3v) is 8.05. The lowest BCUT2D eigenvalue weighted by Gasteiger charge is -2.35. The topological polar surface area (TPSA) is 84.8 Å². The second kappa shape index (κ2) is 9.74. The summed E-state index contributed by atoms with van der Waals surface area (Å²) < 4.78 is 12.0. The number of rotatable bonds is 6. The molecule has 0 aliphatic heterocycles. The first-order chi connectivity index (χ1) is 15.7. The molecule has 2 aliphatic rings. The molecule has 0 spiro atoms. The zero-order valence-corrected chi connectivity index (χ0v) is 21.3. The predicted molar refractivity (Wildman–Crippen MR) is 130 cm³/mol. The van der Waals surface area contributed by atoms with E-state index in [0.29, 0.717) is 11.8 Å². The monoisotopic (exact) mass is 475 g/mol. The van der Waals surface area contributed by atoms with Crippen LogP contribution in [0.5, 0.6) is 5.88 Å². The van der Waals surface area contributed by atoms with Crippen LogP contribution >= 0.6 is 11.3 Å². The van der Waals surface area contributed by atoms with Crippen LogP contribution in [0.3, 0.4) is 0 Å². The fourth-order valence-electron chi connectivity index (χ4n) is 5.05. The average molecular weight is 476 g/mol. The van der Waals surface area contributed by atoms with Crippen molar-refractivity contribution in [3.63, 3.8) is 0 Å². The summed E-state index contributed by atoms with van der Waals surface area (Å²) in [6.45, 7) is 7.70. The smallest absolute Gasteiger partial charge is 0.410 e. The van der Waals surface area contributed by atoms with Crippen molar-refractivity contribution in [2.75, 3.05) is 7.05 Å². The largest absolute Gasteiger partial charge is 0.474 e. The SMILES string of the molecule is CC[C@@H](O)C[C@H]1CCc2sc3ncnc(OC4CCC(N(C)C(=O)OC(C)(C)C)CC4)c3c21. The Balaban J connectivity index is 1.44. The second-order valence-corrected chi connectivity index (χ2v) is 11.6. The summed E-state index contributed by atoms with van der Waals surface area (Å²) in [5.41, 5.74) is 0.812. The van der Waals surface area contributed by atoms with Crippen LogP contribution in [-0.4, -0.2) is 57.0 Å². The van der Waals surface area contributed by atoms with Gasteiger partial charge in [0, 0.05) is 18.0 Å². The Morgan fingerprint density at radius 2 is 1.97 bits per heavy atom. The van der Waals surface area contributed by atoms with Gasteiger partial charge in [-0.2, -0.15) is 0 Å². The molecule has 0 saturated heterocycles. The van der Waals surface area contributed by atoms with Gasteiger partial charge in [0.15, 0.2) is 0 Å². The minimum absolute atomic E-state index is 0.0722. The van der Waals surface area contributed by atoms with Crippen LogP contribution in [0.25, 0.3) is 10.2 Å². The van der Waals surface area contributed by atoms with E-state index in [-0.39, 0.29) is 24.3 Å². The van der Waals surface area contributed by atoms with Crippen molar-refractivity contribution in [2.24, 2.45) is 0 Å².